The molecule has 0 radical (unpaired) electrons. The number of nitrogens with zero attached hydrogens (tertiary/aromatic N) is 5. The van der Waals surface area contributed by atoms with Crippen LogP contribution in [0.2, 0.25) is 0 Å². The molecule has 0 amide bonds. The van der Waals surface area contributed by atoms with E-state index in [9.17, 15) is 26.7 Å². The van der Waals surface area contributed by atoms with E-state index in [4.69, 9.17) is 5.26 Å². The molecule has 14 heteroatoms. The van der Waals surface area contributed by atoms with Crippen molar-refractivity contribution in [1.82, 2.24) is 15.0 Å². The van der Waals surface area contributed by atoms with Crippen LogP contribution in [0.4, 0.5) is 36.3 Å². The van der Waals surface area contributed by atoms with Crippen LogP contribution in [0.15, 0.2) is 42.7 Å². The molecule has 2 heterocycles. The van der Waals surface area contributed by atoms with Crippen LogP contribution in [0.25, 0.3) is 0 Å². The zero-order chi connectivity index (χ0) is 25.1. The lowest BCUT2D eigenvalue weighted by atomic mass is 10.2. The van der Waals surface area contributed by atoms with Crippen molar-refractivity contribution in [3.05, 3.63) is 59.5 Å². The molecular weight excluding hydrogens is 475 g/mol. The highest BCUT2D eigenvalue weighted by Gasteiger charge is 2.35. The summed E-state index contributed by atoms with van der Waals surface area (Å²) in [7, 11) is -2.33. The van der Waals surface area contributed by atoms with Gasteiger partial charge >= 0.3 is 6.18 Å². The smallest absolute Gasteiger partial charge is 0.421 e. The van der Waals surface area contributed by atoms with Gasteiger partial charge in [0.1, 0.15) is 23.2 Å². The summed E-state index contributed by atoms with van der Waals surface area (Å²) >= 11 is 0. The van der Waals surface area contributed by atoms with Gasteiger partial charge in [-0.2, -0.15) is 23.4 Å². The van der Waals surface area contributed by atoms with E-state index in [2.05, 4.69) is 25.6 Å². The van der Waals surface area contributed by atoms with E-state index in [0.717, 1.165) is 10.6 Å². The lowest BCUT2D eigenvalue weighted by Gasteiger charge is -2.20. The van der Waals surface area contributed by atoms with E-state index >= 15 is 0 Å². The lowest BCUT2D eigenvalue weighted by molar-refractivity contribution is -0.137. The first-order valence-electron chi connectivity index (χ1n) is 9.46. The Morgan fingerprint density at radius 2 is 1.97 bits per heavy atom. The van der Waals surface area contributed by atoms with Crippen molar-refractivity contribution in [2.45, 2.75) is 12.7 Å². The third kappa shape index (κ3) is 5.62. The Labute approximate surface area is 192 Å². The first-order chi connectivity index (χ1) is 15.9. The number of hydrogen-bond donors (Lipinski definition) is 3. The largest absolute Gasteiger partial charge is 0.506 e. The molecule has 3 N–H and O–H groups in total. The Bertz CT molecular complexity index is 1360. The van der Waals surface area contributed by atoms with Gasteiger partial charge in [0.2, 0.25) is 16.0 Å². The molecule has 3 rings (SSSR count). The zero-order valence-corrected chi connectivity index (χ0v) is 18.6. The molecule has 0 atom stereocenters. The van der Waals surface area contributed by atoms with Gasteiger partial charge in [-0.25, -0.2) is 13.4 Å². The summed E-state index contributed by atoms with van der Waals surface area (Å²) < 4.78 is 65.3. The van der Waals surface area contributed by atoms with Crippen molar-refractivity contribution < 1.29 is 26.7 Å². The second kappa shape index (κ2) is 9.40. The van der Waals surface area contributed by atoms with Crippen LogP contribution >= 0.6 is 0 Å². The molecule has 1 aromatic carbocycles. The van der Waals surface area contributed by atoms with Crippen LogP contribution < -0.4 is 14.9 Å². The second-order valence-corrected chi connectivity index (χ2v) is 8.99. The topological polar surface area (TPSA) is 144 Å². The van der Waals surface area contributed by atoms with Gasteiger partial charge < -0.3 is 15.7 Å². The zero-order valence-electron chi connectivity index (χ0n) is 17.8. The number of nitriles is 1. The van der Waals surface area contributed by atoms with Crippen molar-refractivity contribution >= 4 is 33.2 Å². The maximum atomic E-state index is 13.5. The minimum absolute atomic E-state index is 0.0199. The average molecular weight is 493 g/mol. The Hall–Kier alpha value is -4.12. The average Bonchev–Trinajstić information content (AvgIpc) is 2.76. The van der Waals surface area contributed by atoms with E-state index in [1.807, 2.05) is 0 Å². The highest BCUT2D eigenvalue weighted by Crippen LogP contribution is 2.35. The summed E-state index contributed by atoms with van der Waals surface area (Å²) in [6.07, 6.45) is -1.82. The van der Waals surface area contributed by atoms with E-state index in [0.29, 0.717) is 6.20 Å². The van der Waals surface area contributed by atoms with Crippen molar-refractivity contribution in [1.29, 1.82) is 5.26 Å². The van der Waals surface area contributed by atoms with Crippen LogP contribution in [0.5, 0.6) is 5.75 Å². The summed E-state index contributed by atoms with van der Waals surface area (Å²) in [5.41, 5.74) is -0.523. The number of pyridine rings is 1. The quantitative estimate of drug-likeness (QED) is 0.452. The van der Waals surface area contributed by atoms with E-state index in [1.165, 1.54) is 43.6 Å². The molecule has 10 nitrogen and oxygen atoms in total. The van der Waals surface area contributed by atoms with E-state index < -0.39 is 27.6 Å². The minimum Gasteiger partial charge on any atom is -0.506 e. The number of aromatic nitrogens is 3. The third-order valence-corrected chi connectivity index (χ3v) is 5.79. The number of alkyl halides is 3. The Morgan fingerprint density at radius 3 is 2.59 bits per heavy atom. The van der Waals surface area contributed by atoms with Gasteiger partial charge in [0.15, 0.2) is 0 Å². The summed E-state index contributed by atoms with van der Waals surface area (Å²) in [6.45, 7) is -0.271. The van der Waals surface area contributed by atoms with E-state index in [-0.39, 0.29) is 40.9 Å². The van der Waals surface area contributed by atoms with Crippen molar-refractivity contribution in [3.63, 3.8) is 0 Å². The number of phenols is 1. The molecule has 3 aromatic rings. The van der Waals surface area contributed by atoms with Gasteiger partial charge in [0.25, 0.3) is 0 Å². The molecule has 34 heavy (non-hydrogen) atoms. The fraction of sp³-hybridized carbons (Fsp3) is 0.200. The molecule has 0 saturated heterocycles. The fourth-order valence-electron chi connectivity index (χ4n) is 2.82. The monoisotopic (exact) mass is 493 g/mol. The van der Waals surface area contributed by atoms with E-state index in [1.54, 1.807) is 6.07 Å². The minimum atomic E-state index is -4.77. The van der Waals surface area contributed by atoms with Gasteiger partial charge in [-0.3, -0.25) is 9.29 Å². The number of halogens is 3. The van der Waals surface area contributed by atoms with Crippen LogP contribution in [0, 0.1) is 11.3 Å². The summed E-state index contributed by atoms with van der Waals surface area (Å²) in [6, 6.07) is 8.70. The maximum Gasteiger partial charge on any atom is 0.421 e. The van der Waals surface area contributed by atoms with Crippen LogP contribution in [0.1, 0.15) is 16.8 Å². The van der Waals surface area contributed by atoms with Crippen LogP contribution in [-0.2, 0) is 22.7 Å². The van der Waals surface area contributed by atoms with Gasteiger partial charge in [-0.1, -0.05) is 0 Å². The fourth-order valence-corrected chi connectivity index (χ4v) is 3.34. The number of sulfonamides is 1. The van der Waals surface area contributed by atoms with Crippen LogP contribution in [0.3, 0.4) is 0 Å². The van der Waals surface area contributed by atoms with Gasteiger partial charge in [-0.05, 0) is 24.3 Å². The molecule has 0 unspecified atom stereocenters. The predicted octanol–water partition coefficient (Wildman–Crippen LogP) is 3.22. The first-order valence-corrected chi connectivity index (χ1v) is 11.3. The summed E-state index contributed by atoms with van der Waals surface area (Å²) in [5, 5.41) is 23.9. The van der Waals surface area contributed by atoms with Crippen molar-refractivity contribution in [2.24, 2.45) is 0 Å². The van der Waals surface area contributed by atoms with Gasteiger partial charge in [-0.15, -0.1) is 0 Å². The number of phenolic OH excluding ortho intramolecular Hbond substituents is 1. The van der Waals surface area contributed by atoms with Crippen molar-refractivity contribution in [2.75, 3.05) is 28.2 Å². The molecule has 0 bridgehead atoms. The first kappa shape index (κ1) is 24.5. The highest BCUT2D eigenvalue weighted by atomic mass is 32.2. The van der Waals surface area contributed by atoms with Gasteiger partial charge in [0.05, 0.1) is 29.7 Å². The number of hydrogen-bond acceptors (Lipinski definition) is 9. The molecule has 0 aliphatic carbocycles. The molecule has 0 fully saturated rings. The van der Waals surface area contributed by atoms with Gasteiger partial charge in [0, 0.05) is 31.2 Å². The number of anilines is 4. The van der Waals surface area contributed by atoms with Crippen LogP contribution in [-0.4, -0.2) is 41.8 Å². The molecule has 0 aliphatic heterocycles. The Morgan fingerprint density at radius 1 is 1.24 bits per heavy atom. The molecular formula is C20H18F3N7O3S. The number of benzene rings is 1. The Kier molecular flexibility index (Phi) is 6.78. The third-order valence-electron chi connectivity index (χ3n) is 4.59. The Balaban J connectivity index is 1.92. The molecule has 0 spiro atoms. The predicted molar refractivity (Wildman–Crippen MR) is 118 cm³/mol. The lowest BCUT2D eigenvalue weighted by Crippen LogP contribution is -2.26. The molecule has 178 valence electrons. The standard InChI is InChI=1S/C20H18F3N7O3S/c1-30(34(2,32)33)16-4-3-7-25-15(16)11-26-18-14(20(21,22)23)10-27-19(29-18)28-13-6-5-12(9-24)17(31)8-13/h3-8,10,31H,11H2,1-2H3,(H2,26,27,28,29). The SMILES string of the molecule is CN(c1cccnc1CNc1nc(Nc2ccc(C#N)c(O)c2)ncc1C(F)(F)F)S(C)(=O)=O. The number of rotatable bonds is 7. The summed E-state index contributed by atoms with van der Waals surface area (Å²) in [5.74, 6) is -1.11. The maximum absolute atomic E-state index is 13.5. The molecule has 0 aliphatic rings. The van der Waals surface area contributed by atoms with Crippen molar-refractivity contribution in [3.8, 4) is 11.8 Å². The number of aromatic hydroxyl groups is 1. The normalized spacial score (nSPS) is 11.5. The summed E-state index contributed by atoms with van der Waals surface area (Å²) in [4.78, 5) is 11.6. The second-order valence-electron chi connectivity index (χ2n) is 6.98. The number of nitrogens with one attached hydrogen (secondary N) is 2. The highest BCUT2D eigenvalue weighted by molar-refractivity contribution is 7.92. The molecule has 2 aromatic heterocycles. The molecule has 0 saturated carbocycles.